The molecule has 1 aliphatic heterocycles. The Balaban J connectivity index is 1.58. The van der Waals surface area contributed by atoms with Crippen molar-refractivity contribution in [2.75, 3.05) is 13.1 Å². The number of hydrogen-bond acceptors (Lipinski definition) is 4. The predicted molar refractivity (Wildman–Crippen MR) is 98.7 cm³/mol. The van der Waals surface area contributed by atoms with Crippen LogP contribution in [0.1, 0.15) is 52.8 Å². The normalized spacial score (nSPS) is 17.3. The van der Waals surface area contributed by atoms with Crippen LogP contribution >= 0.6 is 0 Å². The minimum Gasteiger partial charge on any atom is -0.351 e. The largest absolute Gasteiger partial charge is 0.351 e. The summed E-state index contributed by atoms with van der Waals surface area (Å²) in [4.78, 5) is 14.9. The molecule has 0 bridgehead atoms. The zero-order valence-electron chi connectivity index (χ0n) is 16.0. The van der Waals surface area contributed by atoms with E-state index < -0.39 is 0 Å². The van der Waals surface area contributed by atoms with E-state index in [1.165, 1.54) is 24.1 Å². The van der Waals surface area contributed by atoms with Crippen LogP contribution in [-0.4, -0.2) is 43.5 Å². The summed E-state index contributed by atoms with van der Waals surface area (Å²) < 4.78 is 3.98. The smallest absolute Gasteiger partial charge is 0.272 e. The van der Waals surface area contributed by atoms with E-state index in [4.69, 9.17) is 5.10 Å². The molecular formula is C19H28N6O. The van der Waals surface area contributed by atoms with Gasteiger partial charge >= 0.3 is 0 Å². The van der Waals surface area contributed by atoms with E-state index in [-0.39, 0.29) is 5.91 Å². The molecule has 26 heavy (non-hydrogen) atoms. The quantitative estimate of drug-likeness (QED) is 0.854. The maximum absolute atomic E-state index is 12.5. The topological polar surface area (TPSA) is 68.0 Å². The Hall–Kier alpha value is -2.15. The van der Waals surface area contributed by atoms with E-state index in [9.17, 15) is 4.79 Å². The number of aryl methyl sites for hydroxylation is 2. The molecule has 0 spiro atoms. The number of fused-ring (bicyclic) bond motifs is 1. The SMILES string of the molecule is CCNC(=O)c1nn(CC2CC2)c2c1CN(Cc1cn(C)nc1C)CC2. The summed E-state index contributed by atoms with van der Waals surface area (Å²) in [6.45, 7) is 8.22. The minimum absolute atomic E-state index is 0.0438. The lowest BCUT2D eigenvalue weighted by atomic mass is 10.0. The highest BCUT2D eigenvalue weighted by Gasteiger charge is 2.31. The number of hydrogen-bond donors (Lipinski definition) is 1. The molecule has 1 amide bonds. The molecule has 1 N–H and O–H groups in total. The molecule has 140 valence electrons. The zero-order chi connectivity index (χ0) is 18.3. The Morgan fingerprint density at radius 1 is 1.35 bits per heavy atom. The first kappa shape index (κ1) is 17.3. The van der Waals surface area contributed by atoms with E-state index in [2.05, 4.69) is 33.1 Å². The second kappa shape index (κ2) is 6.87. The van der Waals surface area contributed by atoms with Crippen molar-refractivity contribution < 1.29 is 4.79 Å². The van der Waals surface area contributed by atoms with Crippen molar-refractivity contribution in [3.8, 4) is 0 Å². The van der Waals surface area contributed by atoms with Crippen LogP contribution in [0.5, 0.6) is 0 Å². The van der Waals surface area contributed by atoms with Gasteiger partial charge in [0.15, 0.2) is 5.69 Å². The van der Waals surface area contributed by atoms with Crippen molar-refractivity contribution in [2.45, 2.75) is 52.7 Å². The lowest BCUT2D eigenvalue weighted by Gasteiger charge is -2.27. The highest BCUT2D eigenvalue weighted by atomic mass is 16.1. The molecule has 0 radical (unpaired) electrons. The molecule has 0 unspecified atom stereocenters. The Kier molecular flexibility index (Phi) is 4.56. The third-order valence-corrected chi connectivity index (χ3v) is 5.40. The molecule has 7 nitrogen and oxygen atoms in total. The summed E-state index contributed by atoms with van der Waals surface area (Å²) in [6.07, 6.45) is 5.62. The van der Waals surface area contributed by atoms with Gasteiger partial charge in [-0.15, -0.1) is 0 Å². The molecule has 2 aliphatic rings. The number of nitrogens with zero attached hydrogens (tertiary/aromatic N) is 5. The highest BCUT2D eigenvalue weighted by Crippen LogP contribution is 2.33. The van der Waals surface area contributed by atoms with Gasteiger partial charge in [0.25, 0.3) is 5.91 Å². The number of nitrogens with one attached hydrogen (secondary N) is 1. The maximum Gasteiger partial charge on any atom is 0.272 e. The van der Waals surface area contributed by atoms with E-state index in [0.717, 1.165) is 49.8 Å². The molecule has 3 heterocycles. The second-order valence-electron chi connectivity index (χ2n) is 7.63. The Bertz CT molecular complexity index is 816. The third-order valence-electron chi connectivity index (χ3n) is 5.40. The van der Waals surface area contributed by atoms with E-state index in [1.54, 1.807) is 0 Å². The van der Waals surface area contributed by atoms with Gasteiger partial charge in [0.05, 0.1) is 5.69 Å². The predicted octanol–water partition coefficient (Wildman–Crippen LogP) is 1.64. The number of aromatic nitrogens is 4. The molecule has 0 atom stereocenters. The second-order valence-corrected chi connectivity index (χ2v) is 7.63. The highest BCUT2D eigenvalue weighted by molar-refractivity contribution is 5.94. The molecule has 0 saturated heterocycles. The monoisotopic (exact) mass is 356 g/mol. The van der Waals surface area contributed by atoms with Gasteiger partial charge in [0.2, 0.25) is 0 Å². The van der Waals surface area contributed by atoms with Gasteiger partial charge in [0, 0.05) is 69.2 Å². The maximum atomic E-state index is 12.5. The van der Waals surface area contributed by atoms with Crippen LogP contribution in [0.3, 0.4) is 0 Å². The fourth-order valence-corrected chi connectivity index (χ4v) is 3.85. The van der Waals surface area contributed by atoms with Crippen LogP contribution in [0.25, 0.3) is 0 Å². The summed E-state index contributed by atoms with van der Waals surface area (Å²) in [7, 11) is 1.96. The lowest BCUT2D eigenvalue weighted by Crippen LogP contribution is -2.32. The summed E-state index contributed by atoms with van der Waals surface area (Å²) >= 11 is 0. The molecule has 2 aromatic heterocycles. The minimum atomic E-state index is -0.0438. The molecule has 2 aromatic rings. The van der Waals surface area contributed by atoms with Gasteiger partial charge in [-0.2, -0.15) is 10.2 Å². The van der Waals surface area contributed by atoms with Gasteiger partial charge in [-0.05, 0) is 32.6 Å². The molecule has 1 fully saturated rings. The van der Waals surface area contributed by atoms with Gasteiger partial charge < -0.3 is 5.32 Å². The number of carbonyl (C=O) groups is 1. The lowest BCUT2D eigenvalue weighted by molar-refractivity contribution is 0.0947. The molecular weight excluding hydrogens is 328 g/mol. The molecule has 1 saturated carbocycles. The van der Waals surface area contributed by atoms with E-state index in [1.807, 2.05) is 18.7 Å². The number of amides is 1. The van der Waals surface area contributed by atoms with E-state index in [0.29, 0.717) is 12.2 Å². The fourth-order valence-electron chi connectivity index (χ4n) is 3.85. The molecule has 7 heteroatoms. The first-order valence-electron chi connectivity index (χ1n) is 9.63. The van der Waals surface area contributed by atoms with Crippen molar-refractivity contribution in [3.63, 3.8) is 0 Å². The molecule has 4 rings (SSSR count). The van der Waals surface area contributed by atoms with Crippen LogP contribution in [-0.2, 0) is 33.1 Å². The Morgan fingerprint density at radius 3 is 2.81 bits per heavy atom. The average Bonchev–Trinajstić information content (AvgIpc) is 3.27. The zero-order valence-corrected chi connectivity index (χ0v) is 16.0. The average molecular weight is 356 g/mol. The first-order chi connectivity index (χ1) is 12.5. The Labute approximate surface area is 154 Å². The van der Waals surface area contributed by atoms with Crippen LogP contribution in [0.2, 0.25) is 0 Å². The summed E-state index contributed by atoms with van der Waals surface area (Å²) in [5, 5.41) is 12.1. The fraction of sp³-hybridized carbons (Fsp3) is 0.632. The van der Waals surface area contributed by atoms with Crippen LogP contribution in [0.15, 0.2) is 6.20 Å². The summed E-state index contributed by atoms with van der Waals surface area (Å²) in [5.41, 5.74) is 5.32. The van der Waals surface area contributed by atoms with Gasteiger partial charge in [-0.1, -0.05) is 0 Å². The molecule has 0 aromatic carbocycles. The van der Waals surface area contributed by atoms with Gasteiger partial charge in [-0.3, -0.25) is 19.1 Å². The van der Waals surface area contributed by atoms with Crippen molar-refractivity contribution >= 4 is 5.91 Å². The standard InChI is InChI=1S/C19H28N6O/c1-4-20-19(26)18-16-12-24(11-15-10-23(3)21-13(15)2)8-7-17(16)25(22-18)9-14-5-6-14/h10,14H,4-9,11-12H2,1-3H3,(H,20,26). The number of carbonyl (C=O) groups excluding carboxylic acids is 1. The Morgan fingerprint density at radius 2 is 2.15 bits per heavy atom. The first-order valence-corrected chi connectivity index (χ1v) is 9.63. The van der Waals surface area contributed by atoms with Crippen molar-refractivity contribution in [3.05, 3.63) is 34.4 Å². The number of rotatable bonds is 6. The van der Waals surface area contributed by atoms with Gasteiger partial charge in [0.1, 0.15) is 0 Å². The summed E-state index contributed by atoms with van der Waals surface area (Å²) in [6, 6.07) is 0. The van der Waals surface area contributed by atoms with Crippen LogP contribution in [0.4, 0.5) is 0 Å². The van der Waals surface area contributed by atoms with Crippen molar-refractivity contribution in [1.29, 1.82) is 0 Å². The van der Waals surface area contributed by atoms with Crippen LogP contribution < -0.4 is 5.32 Å². The third kappa shape index (κ3) is 3.40. The van der Waals surface area contributed by atoms with E-state index >= 15 is 0 Å². The van der Waals surface area contributed by atoms with Crippen molar-refractivity contribution in [2.24, 2.45) is 13.0 Å². The molecule has 1 aliphatic carbocycles. The van der Waals surface area contributed by atoms with Crippen LogP contribution in [0, 0.1) is 12.8 Å². The van der Waals surface area contributed by atoms with Crippen molar-refractivity contribution in [1.82, 2.24) is 29.8 Å². The van der Waals surface area contributed by atoms with Gasteiger partial charge in [-0.25, -0.2) is 0 Å². The summed E-state index contributed by atoms with van der Waals surface area (Å²) in [5.74, 6) is 0.704.